The summed E-state index contributed by atoms with van der Waals surface area (Å²) in [6.45, 7) is 8.53. The van der Waals surface area contributed by atoms with Crippen LogP contribution >= 0.6 is 0 Å². The molecule has 112 valence electrons. The minimum atomic E-state index is 0.430. The Bertz CT molecular complexity index is 390. The fourth-order valence-corrected chi connectivity index (χ4v) is 2.48. The van der Waals surface area contributed by atoms with Crippen molar-refractivity contribution in [2.45, 2.75) is 45.6 Å². The first-order valence-corrected chi connectivity index (χ1v) is 7.85. The van der Waals surface area contributed by atoms with E-state index in [2.05, 4.69) is 39.3 Å². The topological polar surface area (TPSA) is 53.1 Å². The zero-order valence-electron chi connectivity index (χ0n) is 12.7. The second-order valence-corrected chi connectivity index (χ2v) is 5.52. The van der Waals surface area contributed by atoms with Crippen molar-refractivity contribution in [2.24, 2.45) is 0 Å². The molecule has 1 aliphatic rings. The van der Waals surface area contributed by atoms with E-state index in [1.807, 2.05) is 12.3 Å². The molecule has 1 aliphatic heterocycles. The first kappa shape index (κ1) is 15.0. The van der Waals surface area contributed by atoms with E-state index in [9.17, 15) is 0 Å². The molecular weight excluding hydrogens is 250 g/mol. The van der Waals surface area contributed by atoms with E-state index in [1.54, 1.807) is 0 Å². The third-order valence-corrected chi connectivity index (χ3v) is 3.70. The lowest BCUT2D eigenvalue weighted by Crippen LogP contribution is -2.44. The molecular formula is C15H27N5. The summed E-state index contributed by atoms with van der Waals surface area (Å²) in [5.74, 6) is 1.79. The number of nitrogens with zero attached hydrogens (tertiary/aromatic N) is 3. The molecule has 0 radical (unpaired) electrons. The highest BCUT2D eigenvalue weighted by atomic mass is 15.3. The van der Waals surface area contributed by atoms with Gasteiger partial charge >= 0.3 is 0 Å². The molecule has 2 rings (SSSR count). The monoisotopic (exact) mass is 277 g/mol. The number of aromatic nitrogens is 2. The number of hydrogen-bond acceptors (Lipinski definition) is 5. The standard InChI is InChI=1S/C15H27N5/c1-3-4-5-6-13(2)18-15-17-8-7-14(19-15)20-11-9-16-10-12-20/h7-8,13,16H,3-6,9-12H2,1-2H3,(H,17,18,19). The molecule has 1 saturated heterocycles. The van der Waals surface area contributed by atoms with E-state index < -0.39 is 0 Å². The summed E-state index contributed by atoms with van der Waals surface area (Å²) in [5.41, 5.74) is 0. The van der Waals surface area contributed by atoms with Crippen LogP contribution in [-0.2, 0) is 0 Å². The van der Waals surface area contributed by atoms with Gasteiger partial charge in [0.05, 0.1) is 0 Å². The largest absolute Gasteiger partial charge is 0.354 e. The molecule has 1 aromatic rings. The van der Waals surface area contributed by atoms with Gasteiger partial charge in [-0.1, -0.05) is 26.2 Å². The average molecular weight is 277 g/mol. The summed E-state index contributed by atoms with van der Waals surface area (Å²) in [7, 11) is 0. The van der Waals surface area contributed by atoms with Crippen LogP contribution in [0.4, 0.5) is 11.8 Å². The van der Waals surface area contributed by atoms with E-state index >= 15 is 0 Å². The molecule has 2 N–H and O–H groups in total. The quantitative estimate of drug-likeness (QED) is 0.749. The van der Waals surface area contributed by atoms with Crippen molar-refractivity contribution in [1.29, 1.82) is 0 Å². The van der Waals surface area contributed by atoms with Crippen LogP contribution < -0.4 is 15.5 Å². The van der Waals surface area contributed by atoms with E-state index in [0.717, 1.165) is 37.9 Å². The van der Waals surface area contributed by atoms with Crippen molar-refractivity contribution in [1.82, 2.24) is 15.3 Å². The Hall–Kier alpha value is -1.36. The van der Waals surface area contributed by atoms with Gasteiger partial charge in [-0.25, -0.2) is 4.98 Å². The summed E-state index contributed by atoms with van der Waals surface area (Å²) < 4.78 is 0. The first-order valence-electron chi connectivity index (χ1n) is 7.85. The van der Waals surface area contributed by atoms with Gasteiger partial charge in [-0.3, -0.25) is 0 Å². The minimum absolute atomic E-state index is 0.430. The van der Waals surface area contributed by atoms with Crippen molar-refractivity contribution < 1.29 is 0 Å². The molecule has 1 atom stereocenters. The molecule has 0 saturated carbocycles. The van der Waals surface area contributed by atoms with Gasteiger partial charge in [-0.05, 0) is 19.4 Å². The third kappa shape index (κ3) is 4.63. The molecule has 1 unspecified atom stereocenters. The molecule has 20 heavy (non-hydrogen) atoms. The summed E-state index contributed by atoms with van der Waals surface area (Å²) in [6, 6.07) is 2.43. The van der Waals surface area contributed by atoms with E-state index in [4.69, 9.17) is 0 Å². The predicted molar refractivity (Wildman–Crippen MR) is 84.3 cm³/mol. The molecule has 1 aromatic heterocycles. The number of hydrogen-bond donors (Lipinski definition) is 2. The summed E-state index contributed by atoms with van der Waals surface area (Å²) >= 11 is 0. The Kier molecular flexibility index (Phi) is 6.05. The Morgan fingerprint density at radius 1 is 1.35 bits per heavy atom. The maximum absolute atomic E-state index is 4.64. The Morgan fingerprint density at radius 3 is 2.90 bits per heavy atom. The van der Waals surface area contributed by atoms with Crippen LogP contribution in [0.25, 0.3) is 0 Å². The highest BCUT2D eigenvalue weighted by Gasteiger charge is 2.12. The lowest BCUT2D eigenvalue weighted by Gasteiger charge is -2.28. The Balaban J connectivity index is 1.88. The number of anilines is 2. The maximum atomic E-state index is 4.64. The lowest BCUT2D eigenvalue weighted by molar-refractivity contribution is 0.583. The third-order valence-electron chi connectivity index (χ3n) is 3.70. The molecule has 0 amide bonds. The molecule has 0 aromatic carbocycles. The van der Waals surface area contributed by atoms with Crippen molar-refractivity contribution in [3.05, 3.63) is 12.3 Å². The fourth-order valence-electron chi connectivity index (χ4n) is 2.48. The van der Waals surface area contributed by atoms with Gasteiger partial charge in [-0.15, -0.1) is 0 Å². The van der Waals surface area contributed by atoms with Gasteiger partial charge in [0.15, 0.2) is 0 Å². The van der Waals surface area contributed by atoms with E-state index in [0.29, 0.717) is 6.04 Å². The normalized spacial score (nSPS) is 17.0. The highest BCUT2D eigenvalue weighted by molar-refractivity contribution is 5.43. The maximum Gasteiger partial charge on any atom is 0.224 e. The predicted octanol–water partition coefficient (Wildman–Crippen LogP) is 2.27. The van der Waals surface area contributed by atoms with Crippen LogP contribution in [0.5, 0.6) is 0 Å². The number of nitrogens with one attached hydrogen (secondary N) is 2. The summed E-state index contributed by atoms with van der Waals surface area (Å²) in [4.78, 5) is 11.3. The Labute approximate surface area is 122 Å². The van der Waals surface area contributed by atoms with Gasteiger partial charge in [0.25, 0.3) is 0 Å². The molecule has 1 fully saturated rings. The van der Waals surface area contributed by atoms with Gasteiger partial charge in [-0.2, -0.15) is 4.98 Å². The van der Waals surface area contributed by atoms with Gasteiger partial charge in [0, 0.05) is 38.4 Å². The zero-order chi connectivity index (χ0) is 14.2. The second kappa shape index (κ2) is 8.04. The van der Waals surface area contributed by atoms with Crippen LogP contribution in [-0.4, -0.2) is 42.2 Å². The molecule has 2 heterocycles. The van der Waals surface area contributed by atoms with Crippen LogP contribution in [0.3, 0.4) is 0 Å². The highest BCUT2D eigenvalue weighted by Crippen LogP contribution is 2.14. The van der Waals surface area contributed by atoms with Crippen LogP contribution in [0, 0.1) is 0 Å². The fraction of sp³-hybridized carbons (Fsp3) is 0.733. The lowest BCUT2D eigenvalue weighted by atomic mass is 10.1. The number of rotatable bonds is 7. The summed E-state index contributed by atoms with van der Waals surface area (Å²) in [5, 5.41) is 6.78. The van der Waals surface area contributed by atoms with Crippen molar-refractivity contribution in [2.75, 3.05) is 36.4 Å². The van der Waals surface area contributed by atoms with E-state index in [-0.39, 0.29) is 0 Å². The number of piperazine rings is 1. The van der Waals surface area contributed by atoms with Crippen LogP contribution in [0.15, 0.2) is 12.3 Å². The van der Waals surface area contributed by atoms with Gasteiger partial charge < -0.3 is 15.5 Å². The van der Waals surface area contributed by atoms with E-state index in [1.165, 1.54) is 25.7 Å². The molecule has 0 bridgehead atoms. The first-order chi connectivity index (χ1) is 9.79. The molecule has 0 spiro atoms. The Morgan fingerprint density at radius 2 is 2.15 bits per heavy atom. The molecule has 0 aliphatic carbocycles. The van der Waals surface area contributed by atoms with Crippen LogP contribution in [0.2, 0.25) is 0 Å². The smallest absolute Gasteiger partial charge is 0.224 e. The number of unbranched alkanes of at least 4 members (excludes halogenated alkanes) is 2. The SMILES string of the molecule is CCCCCC(C)Nc1nccc(N2CCNCC2)n1. The van der Waals surface area contributed by atoms with Gasteiger partial charge in [0.1, 0.15) is 5.82 Å². The zero-order valence-corrected chi connectivity index (χ0v) is 12.7. The second-order valence-electron chi connectivity index (χ2n) is 5.52. The molecule has 5 heteroatoms. The van der Waals surface area contributed by atoms with Crippen molar-refractivity contribution >= 4 is 11.8 Å². The van der Waals surface area contributed by atoms with Crippen molar-refractivity contribution in [3.8, 4) is 0 Å². The molecule has 5 nitrogen and oxygen atoms in total. The average Bonchev–Trinajstić information content (AvgIpc) is 2.49. The summed E-state index contributed by atoms with van der Waals surface area (Å²) in [6.07, 6.45) is 6.86. The van der Waals surface area contributed by atoms with Crippen LogP contribution in [0.1, 0.15) is 39.5 Å². The minimum Gasteiger partial charge on any atom is -0.354 e. The van der Waals surface area contributed by atoms with Gasteiger partial charge in [0.2, 0.25) is 5.95 Å². The van der Waals surface area contributed by atoms with Crippen molar-refractivity contribution in [3.63, 3.8) is 0 Å².